The van der Waals surface area contributed by atoms with Crippen LogP contribution >= 0.6 is 0 Å². The topological polar surface area (TPSA) is 73.1 Å². The van der Waals surface area contributed by atoms with Gasteiger partial charge in [0.1, 0.15) is 12.1 Å². The van der Waals surface area contributed by atoms with E-state index in [-0.39, 0.29) is 0 Å². The molecule has 5 nitrogen and oxygen atoms in total. The summed E-state index contributed by atoms with van der Waals surface area (Å²) < 4.78 is 5.03. The third-order valence-corrected chi connectivity index (χ3v) is 3.11. The molecule has 0 spiro atoms. The van der Waals surface area contributed by atoms with Gasteiger partial charge in [-0.15, -0.1) is 0 Å². The van der Waals surface area contributed by atoms with Crippen molar-refractivity contribution in [3.05, 3.63) is 12.4 Å². The summed E-state index contributed by atoms with van der Waals surface area (Å²) in [5.74, 6) is 1.93. The van der Waals surface area contributed by atoms with Gasteiger partial charge in [-0.05, 0) is 18.8 Å². The highest BCUT2D eigenvalue weighted by Gasteiger charge is 2.23. The van der Waals surface area contributed by atoms with Crippen LogP contribution in [0.5, 0.6) is 5.88 Å². The number of nitrogens with zero attached hydrogens (tertiary/aromatic N) is 2. The van der Waals surface area contributed by atoms with Crippen LogP contribution in [0.2, 0.25) is 0 Å². The van der Waals surface area contributed by atoms with Gasteiger partial charge in [-0.25, -0.2) is 9.97 Å². The lowest BCUT2D eigenvalue weighted by Crippen LogP contribution is -2.29. The van der Waals surface area contributed by atoms with E-state index in [1.807, 2.05) is 0 Å². The first kappa shape index (κ1) is 11.1. The normalized spacial score (nSPS) is 24.4. The van der Waals surface area contributed by atoms with Crippen molar-refractivity contribution in [2.75, 3.05) is 19.0 Å². The minimum Gasteiger partial charge on any atom is -0.481 e. The van der Waals surface area contributed by atoms with Crippen molar-refractivity contribution in [2.24, 2.45) is 11.7 Å². The molecule has 0 radical (unpaired) electrons. The van der Waals surface area contributed by atoms with Gasteiger partial charge in [0, 0.05) is 18.7 Å². The molecule has 0 saturated heterocycles. The van der Waals surface area contributed by atoms with Crippen LogP contribution in [0.1, 0.15) is 19.3 Å². The number of anilines is 1. The highest BCUT2D eigenvalue weighted by atomic mass is 16.5. The number of hydrogen-bond acceptors (Lipinski definition) is 5. The number of ether oxygens (including phenoxy) is 1. The Morgan fingerprint density at radius 1 is 1.50 bits per heavy atom. The van der Waals surface area contributed by atoms with E-state index in [0.29, 0.717) is 17.8 Å². The molecule has 1 aliphatic carbocycles. The summed E-state index contributed by atoms with van der Waals surface area (Å²) in [6.45, 7) is 0.876. The molecular formula is C11H18N4O. The number of nitrogens with one attached hydrogen (secondary N) is 1. The van der Waals surface area contributed by atoms with E-state index in [1.54, 1.807) is 13.2 Å². The van der Waals surface area contributed by atoms with E-state index < -0.39 is 0 Å². The van der Waals surface area contributed by atoms with Gasteiger partial charge in [-0.1, -0.05) is 6.42 Å². The first-order chi connectivity index (χ1) is 7.79. The summed E-state index contributed by atoms with van der Waals surface area (Å²) in [4.78, 5) is 8.08. The van der Waals surface area contributed by atoms with Crippen molar-refractivity contribution in [3.8, 4) is 5.88 Å². The Kier molecular flexibility index (Phi) is 3.56. The van der Waals surface area contributed by atoms with E-state index >= 15 is 0 Å². The number of hydrogen-bond donors (Lipinski definition) is 2. The van der Waals surface area contributed by atoms with Crippen LogP contribution in [0, 0.1) is 5.92 Å². The van der Waals surface area contributed by atoms with Gasteiger partial charge in [0.25, 0.3) is 0 Å². The van der Waals surface area contributed by atoms with E-state index in [1.165, 1.54) is 19.2 Å². The summed E-state index contributed by atoms with van der Waals surface area (Å²) in [6.07, 6.45) is 5.08. The Hall–Kier alpha value is -1.36. The summed E-state index contributed by atoms with van der Waals surface area (Å²) in [5, 5.41) is 3.28. The van der Waals surface area contributed by atoms with Crippen LogP contribution in [-0.4, -0.2) is 29.7 Å². The maximum atomic E-state index is 6.00. The van der Waals surface area contributed by atoms with Gasteiger partial charge < -0.3 is 15.8 Å². The lowest BCUT2D eigenvalue weighted by Gasteiger charge is -2.16. The Morgan fingerprint density at radius 2 is 2.38 bits per heavy atom. The summed E-state index contributed by atoms with van der Waals surface area (Å²) in [5.41, 5.74) is 6.00. The summed E-state index contributed by atoms with van der Waals surface area (Å²) in [7, 11) is 1.60. The maximum absolute atomic E-state index is 6.00. The standard InChI is InChI=1S/C11H18N4O/c1-16-11-5-10(14-7-15-11)13-6-8-3-2-4-9(8)12/h5,7-9H,2-4,6,12H2,1H3,(H,13,14,15). The molecule has 88 valence electrons. The quantitative estimate of drug-likeness (QED) is 0.795. The molecular weight excluding hydrogens is 204 g/mol. The third-order valence-electron chi connectivity index (χ3n) is 3.11. The van der Waals surface area contributed by atoms with Gasteiger partial charge >= 0.3 is 0 Å². The Balaban J connectivity index is 1.88. The number of nitrogens with two attached hydrogens (primary N) is 1. The second kappa shape index (κ2) is 5.12. The number of aromatic nitrogens is 2. The molecule has 1 aliphatic rings. The Morgan fingerprint density at radius 3 is 3.06 bits per heavy atom. The van der Waals surface area contributed by atoms with Gasteiger partial charge in [-0.3, -0.25) is 0 Å². The molecule has 5 heteroatoms. The summed E-state index contributed by atoms with van der Waals surface area (Å²) in [6, 6.07) is 2.12. The van der Waals surface area contributed by atoms with Gasteiger partial charge in [0.15, 0.2) is 0 Å². The Bertz CT molecular complexity index is 345. The molecule has 0 bridgehead atoms. The molecule has 2 unspecified atom stereocenters. The minimum absolute atomic E-state index is 0.330. The molecule has 1 saturated carbocycles. The van der Waals surface area contributed by atoms with Crippen molar-refractivity contribution >= 4 is 5.82 Å². The average Bonchev–Trinajstić information content (AvgIpc) is 2.72. The van der Waals surface area contributed by atoms with Crippen molar-refractivity contribution in [1.82, 2.24) is 9.97 Å². The highest BCUT2D eigenvalue weighted by Crippen LogP contribution is 2.24. The monoisotopic (exact) mass is 222 g/mol. The van der Waals surface area contributed by atoms with Gasteiger partial charge in [0.2, 0.25) is 5.88 Å². The average molecular weight is 222 g/mol. The fourth-order valence-electron chi connectivity index (χ4n) is 2.10. The fourth-order valence-corrected chi connectivity index (χ4v) is 2.10. The van der Waals surface area contributed by atoms with Crippen LogP contribution in [0.25, 0.3) is 0 Å². The van der Waals surface area contributed by atoms with E-state index in [2.05, 4.69) is 15.3 Å². The van der Waals surface area contributed by atoms with Crippen molar-refractivity contribution in [3.63, 3.8) is 0 Å². The maximum Gasteiger partial charge on any atom is 0.218 e. The van der Waals surface area contributed by atoms with E-state index in [0.717, 1.165) is 18.8 Å². The Labute approximate surface area is 95.4 Å². The zero-order valence-corrected chi connectivity index (χ0v) is 9.52. The van der Waals surface area contributed by atoms with Crippen LogP contribution in [0.4, 0.5) is 5.82 Å². The predicted octanol–water partition coefficient (Wildman–Crippen LogP) is 1.02. The molecule has 0 aliphatic heterocycles. The molecule has 2 atom stereocenters. The van der Waals surface area contributed by atoms with E-state index in [4.69, 9.17) is 10.5 Å². The lowest BCUT2D eigenvalue weighted by atomic mass is 10.1. The van der Waals surface area contributed by atoms with E-state index in [9.17, 15) is 0 Å². The second-order valence-corrected chi connectivity index (χ2v) is 4.18. The predicted molar refractivity (Wildman–Crippen MR) is 62.4 cm³/mol. The van der Waals surface area contributed by atoms with Crippen molar-refractivity contribution < 1.29 is 4.74 Å². The number of rotatable bonds is 4. The largest absolute Gasteiger partial charge is 0.481 e. The fraction of sp³-hybridized carbons (Fsp3) is 0.636. The number of methoxy groups -OCH3 is 1. The molecule has 2 rings (SSSR count). The lowest BCUT2D eigenvalue weighted by molar-refractivity contribution is 0.397. The van der Waals surface area contributed by atoms with Gasteiger partial charge in [0.05, 0.1) is 7.11 Å². The van der Waals surface area contributed by atoms with Crippen molar-refractivity contribution in [2.45, 2.75) is 25.3 Å². The molecule has 16 heavy (non-hydrogen) atoms. The first-order valence-electron chi connectivity index (χ1n) is 5.65. The SMILES string of the molecule is COc1cc(NCC2CCCC2N)ncn1. The van der Waals surface area contributed by atoms with Crippen LogP contribution in [0.15, 0.2) is 12.4 Å². The summed E-state index contributed by atoms with van der Waals surface area (Å²) >= 11 is 0. The first-order valence-corrected chi connectivity index (χ1v) is 5.65. The highest BCUT2D eigenvalue weighted by molar-refractivity contribution is 5.37. The zero-order chi connectivity index (χ0) is 11.4. The van der Waals surface area contributed by atoms with Crippen molar-refractivity contribution in [1.29, 1.82) is 0 Å². The van der Waals surface area contributed by atoms with Crippen LogP contribution < -0.4 is 15.8 Å². The smallest absolute Gasteiger partial charge is 0.218 e. The molecule has 1 aromatic heterocycles. The molecule has 1 fully saturated rings. The molecule has 1 heterocycles. The van der Waals surface area contributed by atoms with Gasteiger partial charge in [-0.2, -0.15) is 0 Å². The zero-order valence-electron chi connectivity index (χ0n) is 9.52. The molecule has 3 N–H and O–H groups in total. The second-order valence-electron chi connectivity index (χ2n) is 4.18. The molecule has 0 aromatic carbocycles. The molecule has 1 aromatic rings. The molecule has 0 amide bonds. The van der Waals surface area contributed by atoms with Crippen LogP contribution in [0.3, 0.4) is 0 Å². The van der Waals surface area contributed by atoms with Crippen LogP contribution in [-0.2, 0) is 0 Å². The minimum atomic E-state index is 0.330. The third kappa shape index (κ3) is 2.61.